The molecule has 0 spiro atoms. The summed E-state index contributed by atoms with van der Waals surface area (Å²) in [4.78, 5) is 4.62. The van der Waals surface area contributed by atoms with Crippen LogP contribution in [0.4, 0.5) is 0 Å². The second-order valence-corrected chi connectivity index (χ2v) is 6.04. The predicted molar refractivity (Wildman–Crippen MR) is 99.3 cm³/mol. The minimum atomic E-state index is 0. The van der Waals surface area contributed by atoms with E-state index < -0.39 is 0 Å². The first-order valence-corrected chi connectivity index (χ1v) is 7.86. The smallest absolute Gasteiger partial charge is 0.192 e. The van der Waals surface area contributed by atoms with E-state index in [1.807, 2.05) is 12.1 Å². The Kier molecular flexibility index (Phi) is 6.62. The molecule has 2 fully saturated rings. The van der Waals surface area contributed by atoms with Gasteiger partial charge in [-0.1, -0.05) is 12.3 Å². The number of terminal acetylenes is 1. The Morgan fingerprint density at radius 2 is 2.32 bits per heavy atom. The molecule has 2 bridgehead atoms. The molecular weight excluding hydrogens is 389 g/mol. The van der Waals surface area contributed by atoms with E-state index in [0.29, 0.717) is 19.1 Å². The van der Waals surface area contributed by atoms with Crippen LogP contribution in [0.2, 0.25) is 0 Å². The van der Waals surface area contributed by atoms with Gasteiger partial charge in [-0.25, -0.2) is 0 Å². The van der Waals surface area contributed by atoms with E-state index in [9.17, 15) is 0 Å². The fourth-order valence-corrected chi connectivity index (χ4v) is 3.62. The zero-order valence-electron chi connectivity index (χ0n) is 12.8. The standard InChI is InChI=1S/C17H23N3O.HI/c1-2-8-18-17(19-9-7-15-4-3-10-21-15)20-16-12-13-5-6-14(16)11-13;/h1,3-4,10,13-14,16H,5-9,11-12H2,(H2,18,19,20);1H. The molecule has 3 atom stereocenters. The number of nitrogens with one attached hydrogen (secondary N) is 2. The molecule has 0 aromatic carbocycles. The summed E-state index contributed by atoms with van der Waals surface area (Å²) >= 11 is 0. The van der Waals surface area contributed by atoms with Crippen LogP contribution in [0.15, 0.2) is 27.8 Å². The molecule has 120 valence electrons. The van der Waals surface area contributed by atoms with E-state index in [1.165, 1.54) is 25.7 Å². The van der Waals surface area contributed by atoms with Crippen LogP contribution >= 0.6 is 24.0 Å². The number of furan rings is 1. The van der Waals surface area contributed by atoms with Crippen LogP contribution in [-0.2, 0) is 6.42 Å². The molecule has 0 saturated heterocycles. The van der Waals surface area contributed by atoms with Gasteiger partial charge >= 0.3 is 0 Å². The molecule has 2 aliphatic rings. The summed E-state index contributed by atoms with van der Waals surface area (Å²) in [6.07, 6.45) is 13.3. The third kappa shape index (κ3) is 4.42. The second-order valence-electron chi connectivity index (χ2n) is 6.04. The summed E-state index contributed by atoms with van der Waals surface area (Å²) in [5.74, 6) is 6.16. The molecule has 2 aliphatic carbocycles. The molecule has 1 heterocycles. The number of rotatable bonds is 5. The van der Waals surface area contributed by atoms with Gasteiger partial charge in [0.2, 0.25) is 0 Å². The van der Waals surface area contributed by atoms with Crippen LogP contribution in [0, 0.1) is 24.2 Å². The first-order chi connectivity index (χ1) is 10.3. The largest absolute Gasteiger partial charge is 0.469 e. The molecule has 0 amide bonds. The Labute approximate surface area is 149 Å². The molecule has 22 heavy (non-hydrogen) atoms. The van der Waals surface area contributed by atoms with Gasteiger partial charge in [0.15, 0.2) is 5.96 Å². The first kappa shape index (κ1) is 17.2. The highest BCUT2D eigenvalue weighted by atomic mass is 127. The molecule has 0 aliphatic heterocycles. The summed E-state index contributed by atoms with van der Waals surface area (Å²) in [6, 6.07) is 4.45. The molecule has 5 heteroatoms. The number of hydrogen-bond acceptors (Lipinski definition) is 2. The topological polar surface area (TPSA) is 49.6 Å². The van der Waals surface area contributed by atoms with E-state index in [2.05, 4.69) is 21.5 Å². The van der Waals surface area contributed by atoms with Crippen molar-refractivity contribution < 1.29 is 4.42 Å². The minimum absolute atomic E-state index is 0. The molecule has 1 aromatic heterocycles. The third-order valence-corrected chi connectivity index (χ3v) is 4.63. The molecule has 3 rings (SSSR count). The lowest BCUT2D eigenvalue weighted by molar-refractivity contribution is 0.387. The summed E-state index contributed by atoms with van der Waals surface area (Å²) in [5.41, 5.74) is 0. The van der Waals surface area contributed by atoms with Gasteiger partial charge in [0.05, 0.1) is 12.8 Å². The third-order valence-electron chi connectivity index (χ3n) is 4.63. The number of hydrogen-bond donors (Lipinski definition) is 2. The number of fused-ring (bicyclic) bond motifs is 2. The highest BCUT2D eigenvalue weighted by Crippen LogP contribution is 2.44. The lowest BCUT2D eigenvalue weighted by Gasteiger charge is -2.24. The van der Waals surface area contributed by atoms with Crippen molar-refractivity contribution in [1.82, 2.24) is 10.6 Å². The molecule has 0 radical (unpaired) electrons. The average Bonchev–Trinajstić information content (AvgIpc) is 3.21. The fourth-order valence-electron chi connectivity index (χ4n) is 3.62. The molecular formula is C17H24IN3O. The van der Waals surface area contributed by atoms with Crippen molar-refractivity contribution in [3.8, 4) is 12.3 Å². The second kappa shape index (κ2) is 8.47. The Bertz CT molecular complexity index is 521. The van der Waals surface area contributed by atoms with Gasteiger partial charge in [-0.15, -0.1) is 30.4 Å². The summed E-state index contributed by atoms with van der Waals surface area (Å²) in [6.45, 7) is 1.21. The van der Waals surface area contributed by atoms with Crippen molar-refractivity contribution in [3.05, 3.63) is 24.2 Å². The maximum atomic E-state index is 5.34. The molecule has 4 nitrogen and oxygen atoms in total. The summed E-state index contributed by atoms with van der Waals surface area (Å²) < 4.78 is 5.33. The van der Waals surface area contributed by atoms with Crippen molar-refractivity contribution in [3.63, 3.8) is 0 Å². The van der Waals surface area contributed by atoms with Crippen LogP contribution in [0.1, 0.15) is 31.4 Å². The van der Waals surface area contributed by atoms with Gasteiger partial charge in [0.1, 0.15) is 5.76 Å². The minimum Gasteiger partial charge on any atom is -0.469 e. The monoisotopic (exact) mass is 413 g/mol. The Morgan fingerprint density at radius 1 is 1.41 bits per heavy atom. The highest BCUT2D eigenvalue weighted by Gasteiger charge is 2.39. The number of aliphatic imine (C=N–C) groups is 1. The van der Waals surface area contributed by atoms with Crippen LogP contribution in [0.25, 0.3) is 0 Å². The van der Waals surface area contributed by atoms with Crippen molar-refractivity contribution in [1.29, 1.82) is 0 Å². The van der Waals surface area contributed by atoms with Gasteiger partial charge in [-0.05, 0) is 43.2 Å². The number of nitrogens with zero attached hydrogens (tertiary/aromatic N) is 1. The highest BCUT2D eigenvalue weighted by molar-refractivity contribution is 14.0. The SMILES string of the molecule is C#CCNC(=NCCc1ccco1)NC1CC2CCC1C2.I. The molecule has 2 N–H and O–H groups in total. The maximum absolute atomic E-state index is 5.34. The normalized spacial score (nSPS) is 26.3. The van der Waals surface area contributed by atoms with Crippen molar-refractivity contribution in [2.24, 2.45) is 16.8 Å². The Morgan fingerprint density at radius 3 is 2.95 bits per heavy atom. The Hall–Kier alpha value is -1.16. The molecule has 1 aromatic rings. The van der Waals surface area contributed by atoms with E-state index in [4.69, 9.17) is 10.8 Å². The van der Waals surface area contributed by atoms with E-state index in [0.717, 1.165) is 30.0 Å². The average molecular weight is 413 g/mol. The van der Waals surface area contributed by atoms with Crippen molar-refractivity contribution in [2.75, 3.05) is 13.1 Å². The van der Waals surface area contributed by atoms with Gasteiger partial charge in [0, 0.05) is 19.0 Å². The lowest BCUT2D eigenvalue weighted by atomic mass is 9.95. The van der Waals surface area contributed by atoms with Gasteiger partial charge < -0.3 is 15.1 Å². The van der Waals surface area contributed by atoms with Gasteiger partial charge in [-0.3, -0.25) is 4.99 Å². The fraction of sp³-hybridized carbons (Fsp3) is 0.588. The molecule has 2 saturated carbocycles. The summed E-state index contributed by atoms with van der Waals surface area (Å²) in [7, 11) is 0. The van der Waals surface area contributed by atoms with Crippen LogP contribution in [0.3, 0.4) is 0 Å². The van der Waals surface area contributed by atoms with Crippen molar-refractivity contribution in [2.45, 2.75) is 38.1 Å². The number of guanidine groups is 1. The first-order valence-electron chi connectivity index (χ1n) is 7.86. The van der Waals surface area contributed by atoms with E-state index in [-0.39, 0.29) is 24.0 Å². The van der Waals surface area contributed by atoms with Crippen LogP contribution in [-0.4, -0.2) is 25.1 Å². The zero-order chi connectivity index (χ0) is 14.5. The van der Waals surface area contributed by atoms with E-state index in [1.54, 1.807) is 6.26 Å². The Balaban J connectivity index is 0.00000176. The predicted octanol–water partition coefficient (Wildman–Crippen LogP) is 2.80. The zero-order valence-corrected chi connectivity index (χ0v) is 15.1. The summed E-state index contributed by atoms with van der Waals surface area (Å²) in [5, 5.41) is 6.78. The maximum Gasteiger partial charge on any atom is 0.192 e. The quantitative estimate of drug-likeness (QED) is 0.338. The van der Waals surface area contributed by atoms with Crippen LogP contribution < -0.4 is 10.6 Å². The van der Waals surface area contributed by atoms with Gasteiger partial charge in [-0.2, -0.15) is 0 Å². The van der Waals surface area contributed by atoms with Gasteiger partial charge in [0.25, 0.3) is 0 Å². The van der Waals surface area contributed by atoms with Crippen molar-refractivity contribution >= 4 is 29.9 Å². The lowest BCUT2D eigenvalue weighted by Crippen LogP contribution is -2.45. The van der Waals surface area contributed by atoms with Crippen LogP contribution in [0.5, 0.6) is 0 Å². The van der Waals surface area contributed by atoms with E-state index >= 15 is 0 Å². The molecule has 3 unspecified atom stereocenters. The number of halogens is 1.